The number of ether oxygens (including phenoxy) is 1. The van der Waals surface area contributed by atoms with Crippen molar-refractivity contribution in [3.05, 3.63) is 64.3 Å². The molecule has 0 saturated heterocycles. The lowest BCUT2D eigenvalue weighted by Crippen LogP contribution is -2.26. The van der Waals surface area contributed by atoms with Gasteiger partial charge in [-0.25, -0.2) is 4.79 Å². The zero-order valence-electron chi connectivity index (χ0n) is 14.9. The summed E-state index contributed by atoms with van der Waals surface area (Å²) >= 11 is 0. The molecule has 0 aliphatic carbocycles. The molecule has 2 aromatic heterocycles. The number of nitrogens with one attached hydrogen (secondary N) is 1. The molecule has 1 N–H and O–H groups in total. The Bertz CT molecular complexity index is 946. The summed E-state index contributed by atoms with van der Waals surface area (Å²) in [5.41, 5.74) is 2.54. The molecule has 0 bridgehead atoms. The predicted octanol–water partition coefficient (Wildman–Crippen LogP) is 2.03. The zero-order valence-corrected chi connectivity index (χ0v) is 14.9. The van der Waals surface area contributed by atoms with E-state index >= 15 is 0 Å². The van der Waals surface area contributed by atoms with E-state index in [-0.39, 0.29) is 11.6 Å². The molecule has 7 heteroatoms. The Kier molecular flexibility index (Phi) is 5.48. The average Bonchev–Trinajstić information content (AvgIpc) is 2.96. The molecule has 0 spiro atoms. The highest BCUT2D eigenvalue weighted by atomic mass is 16.5. The molecule has 1 aromatic carbocycles. The first-order valence-electron chi connectivity index (χ1n) is 8.56. The Morgan fingerprint density at radius 3 is 2.88 bits per heavy atom. The SMILES string of the molecule is CCOCCn1c(=O)[nH]c2cc(C(=O)N(C)Cc3ccccn3)ccc21. The van der Waals surface area contributed by atoms with Crippen LogP contribution in [-0.4, -0.2) is 45.6 Å². The fourth-order valence-corrected chi connectivity index (χ4v) is 2.85. The monoisotopic (exact) mass is 354 g/mol. The number of aromatic nitrogens is 3. The summed E-state index contributed by atoms with van der Waals surface area (Å²) in [6, 6.07) is 10.9. The minimum absolute atomic E-state index is 0.125. The van der Waals surface area contributed by atoms with Gasteiger partial charge in [0.2, 0.25) is 0 Å². The van der Waals surface area contributed by atoms with Crippen LogP contribution in [0.25, 0.3) is 11.0 Å². The molecule has 0 radical (unpaired) electrons. The van der Waals surface area contributed by atoms with E-state index in [4.69, 9.17) is 4.74 Å². The van der Waals surface area contributed by atoms with Crippen molar-refractivity contribution in [1.29, 1.82) is 0 Å². The number of rotatable bonds is 7. The van der Waals surface area contributed by atoms with Crippen LogP contribution in [0.3, 0.4) is 0 Å². The Morgan fingerprint density at radius 1 is 1.31 bits per heavy atom. The highest BCUT2D eigenvalue weighted by Gasteiger charge is 2.15. The van der Waals surface area contributed by atoms with Crippen molar-refractivity contribution in [2.45, 2.75) is 20.0 Å². The van der Waals surface area contributed by atoms with Gasteiger partial charge in [-0.3, -0.25) is 14.3 Å². The molecule has 7 nitrogen and oxygen atoms in total. The van der Waals surface area contributed by atoms with E-state index in [1.54, 1.807) is 40.9 Å². The van der Waals surface area contributed by atoms with E-state index in [9.17, 15) is 9.59 Å². The van der Waals surface area contributed by atoms with Crippen LogP contribution < -0.4 is 5.69 Å². The molecule has 0 aliphatic rings. The van der Waals surface area contributed by atoms with Gasteiger partial charge >= 0.3 is 5.69 Å². The smallest absolute Gasteiger partial charge is 0.326 e. The van der Waals surface area contributed by atoms with Crippen LogP contribution in [0.1, 0.15) is 23.0 Å². The second-order valence-electron chi connectivity index (χ2n) is 5.99. The van der Waals surface area contributed by atoms with Crippen LogP contribution in [0.2, 0.25) is 0 Å². The summed E-state index contributed by atoms with van der Waals surface area (Å²) in [4.78, 5) is 33.5. The molecule has 0 fully saturated rings. The molecular weight excluding hydrogens is 332 g/mol. The third-order valence-electron chi connectivity index (χ3n) is 4.16. The van der Waals surface area contributed by atoms with Gasteiger partial charge < -0.3 is 14.6 Å². The molecule has 1 amide bonds. The minimum Gasteiger partial charge on any atom is -0.380 e. The minimum atomic E-state index is -0.203. The third kappa shape index (κ3) is 3.83. The van der Waals surface area contributed by atoms with Crippen LogP contribution in [0.4, 0.5) is 0 Å². The Hall–Kier alpha value is -2.93. The molecule has 136 valence electrons. The number of carbonyl (C=O) groups is 1. The van der Waals surface area contributed by atoms with Crippen molar-refractivity contribution >= 4 is 16.9 Å². The van der Waals surface area contributed by atoms with Crippen LogP contribution >= 0.6 is 0 Å². The van der Waals surface area contributed by atoms with Gasteiger partial charge in [-0.15, -0.1) is 0 Å². The lowest BCUT2D eigenvalue weighted by molar-refractivity contribution is 0.0783. The Labute approximate surface area is 151 Å². The summed E-state index contributed by atoms with van der Waals surface area (Å²) in [5, 5.41) is 0. The number of aromatic amines is 1. The molecule has 0 aliphatic heterocycles. The van der Waals surface area contributed by atoms with E-state index < -0.39 is 0 Å². The first-order chi connectivity index (χ1) is 12.6. The average molecular weight is 354 g/mol. The largest absolute Gasteiger partial charge is 0.380 e. The van der Waals surface area contributed by atoms with E-state index in [0.29, 0.717) is 37.4 Å². The lowest BCUT2D eigenvalue weighted by Gasteiger charge is -2.16. The molecule has 26 heavy (non-hydrogen) atoms. The number of pyridine rings is 1. The fraction of sp³-hybridized carbons (Fsp3) is 0.316. The van der Waals surface area contributed by atoms with Crippen molar-refractivity contribution in [1.82, 2.24) is 19.4 Å². The number of hydrogen-bond donors (Lipinski definition) is 1. The van der Waals surface area contributed by atoms with Gasteiger partial charge in [0, 0.05) is 25.4 Å². The molecule has 0 atom stereocenters. The molecular formula is C19H22N4O3. The van der Waals surface area contributed by atoms with Crippen LogP contribution in [-0.2, 0) is 17.8 Å². The van der Waals surface area contributed by atoms with Gasteiger partial charge in [-0.05, 0) is 37.3 Å². The molecule has 3 aromatic rings. The van der Waals surface area contributed by atoms with E-state index in [1.807, 2.05) is 25.1 Å². The van der Waals surface area contributed by atoms with E-state index in [0.717, 1.165) is 11.2 Å². The maximum atomic E-state index is 12.7. The zero-order chi connectivity index (χ0) is 18.5. The first-order valence-corrected chi connectivity index (χ1v) is 8.56. The summed E-state index contributed by atoms with van der Waals surface area (Å²) < 4.78 is 6.94. The summed E-state index contributed by atoms with van der Waals surface area (Å²) in [6.45, 7) is 3.88. The number of carbonyl (C=O) groups excluding carboxylic acids is 1. The van der Waals surface area contributed by atoms with E-state index in [2.05, 4.69) is 9.97 Å². The number of benzene rings is 1. The van der Waals surface area contributed by atoms with Crippen molar-refractivity contribution in [2.24, 2.45) is 0 Å². The maximum Gasteiger partial charge on any atom is 0.326 e. The maximum absolute atomic E-state index is 12.7. The summed E-state index contributed by atoms with van der Waals surface area (Å²) in [6.07, 6.45) is 1.70. The number of amides is 1. The summed E-state index contributed by atoms with van der Waals surface area (Å²) in [7, 11) is 1.73. The predicted molar refractivity (Wildman–Crippen MR) is 99.1 cm³/mol. The van der Waals surface area contributed by atoms with Gasteiger partial charge in [0.25, 0.3) is 5.91 Å². The topological polar surface area (TPSA) is 80.2 Å². The van der Waals surface area contributed by atoms with Crippen molar-refractivity contribution < 1.29 is 9.53 Å². The van der Waals surface area contributed by atoms with Crippen LogP contribution in [0.15, 0.2) is 47.4 Å². The normalized spacial score (nSPS) is 11.0. The highest BCUT2D eigenvalue weighted by Crippen LogP contribution is 2.15. The number of nitrogens with zero attached hydrogens (tertiary/aromatic N) is 3. The first kappa shape index (κ1) is 17.9. The highest BCUT2D eigenvalue weighted by molar-refractivity contribution is 5.97. The van der Waals surface area contributed by atoms with Crippen molar-refractivity contribution in [3.8, 4) is 0 Å². The van der Waals surface area contributed by atoms with Gasteiger partial charge in [0.15, 0.2) is 0 Å². The van der Waals surface area contributed by atoms with Crippen LogP contribution in [0, 0.1) is 0 Å². The van der Waals surface area contributed by atoms with Crippen LogP contribution in [0.5, 0.6) is 0 Å². The quantitative estimate of drug-likeness (QED) is 0.659. The van der Waals surface area contributed by atoms with Gasteiger partial charge in [-0.1, -0.05) is 6.07 Å². The second kappa shape index (κ2) is 7.97. The number of H-pyrrole nitrogens is 1. The van der Waals surface area contributed by atoms with Crippen molar-refractivity contribution in [2.75, 3.05) is 20.3 Å². The summed E-state index contributed by atoms with van der Waals surface area (Å²) in [5.74, 6) is -0.125. The molecule has 2 heterocycles. The van der Waals surface area contributed by atoms with Gasteiger partial charge in [-0.2, -0.15) is 0 Å². The van der Waals surface area contributed by atoms with E-state index in [1.165, 1.54) is 0 Å². The van der Waals surface area contributed by atoms with Gasteiger partial charge in [0.1, 0.15) is 0 Å². The third-order valence-corrected chi connectivity index (χ3v) is 4.16. The van der Waals surface area contributed by atoms with Gasteiger partial charge in [0.05, 0.1) is 36.4 Å². The Morgan fingerprint density at radius 2 is 2.15 bits per heavy atom. The van der Waals surface area contributed by atoms with Crippen molar-refractivity contribution in [3.63, 3.8) is 0 Å². The molecule has 3 rings (SSSR count). The lowest BCUT2D eigenvalue weighted by atomic mass is 10.1. The number of hydrogen-bond acceptors (Lipinski definition) is 4. The standard InChI is InChI=1S/C19H22N4O3/c1-3-26-11-10-23-17-8-7-14(12-16(17)21-19(23)25)18(24)22(2)13-15-6-4-5-9-20-15/h4-9,12H,3,10-11,13H2,1-2H3,(H,21,25). The number of imidazole rings is 1. The Balaban J connectivity index is 1.80. The second-order valence-corrected chi connectivity index (χ2v) is 5.99. The molecule has 0 unspecified atom stereocenters. The number of fused-ring (bicyclic) bond motifs is 1. The molecule has 0 saturated carbocycles. The fourth-order valence-electron chi connectivity index (χ4n) is 2.85.